The molecule has 2 N–H and O–H groups in total. The van der Waals surface area contributed by atoms with Crippen molar-refractivity contribution in [2.45, 2.75) is 18.2 Å². The van der Waals surface area contributed by atoms with Gasteiger partial charge in [0.15, 0.2) is 5.82 Å². The number of aromatic nitrogens is 2. The standard InChI is InChI=1S/C19H20N4O2S/c1-15-6-5-9-17(14-15)26(24,25)23-19-11-10-18(21-22-19)20-13-12-16-7-3-2-4-8-16/h2-11,14H,12-13H2,1H3,(H,20,21)(H,22,23). The van der Waals surface area contributed by atoms with Crippen LogP contribution < -0.4 is 10.0 Å². The average molecular weight is 368 g/mol. The van der Waals surface area contributed by atoms with Gasteiger partial charge >= 0.3 is 0 Å². The zero-order valence-corrected chi connectivity index (χ0v) is 15.2. The molecule has 0 spiro atoms. The van der Waals surface area contributed by atoms with E-state index >= 15 is 0 Å². The first-order valence-electron chi connectivity index (χ1n) is 8.24. The molecule has 134 valence electrons. The van der Waals surface area contributed by atoms with Gasteiger partial charge in [-0.1, -0.05) is 42.5 Å². The van der Waals surface area contributed by atoms with Gasteiger partial charge in [-0.25, -0.2) is 8.42 Å². The minimum atomic E-state index is -3.67. The second kappa shape index (κ2) is 7.97. The van der Waals surface area contributed by atoms with E-state index in [4.69, 9.17) is 0 Å². The third-order valence-corrected chi connectivity index (χ3v) is 5.12. The van der Waals surface area contributed by atoms with Crippen LogP contribution in [-0.4, -0.2) is 25.2 Å². The van der Waals surface area contributed by atoms with Crippen molar-refractivity contribution in [2.24, 2.45) is 0 Å². The number of benzene rings is 2. The molecule has 0 atom stereocenters. The highest BCUT2D eigenvalue weighted by Crippen LogP contribution is 2.15. The lowest BCUT2D eigenvalue weighted by atomic mass is 10.1. The number of rotatable bonds is 7. The molecule has 0 aliphatic carbocycles. The van der Waals surface area contributed by atoms with Crippen LogP contribution in [0.25, 0.3) is 0 Å². The van der Waals surface area contributed by atoms with Crippen LogP contribution in [0.4, 0.5) is 11.6 Å². The highest BCUT2D eigenvalue weighted by molar-refractivity contribution is 7.92. The Morgan fingerprint density at radius 3 is 2.31 bits per heavy atom. The topological polar surface area (TPSA) is 84.0 Å². The van der Waals surface area contributed by atoms with Crippen LogP contribution >= 0.6 is 0 Å². The number of hydrogen-bond donors (Lipinski definition) is 2. The maximum Gasteiger partial charge on any atom is 0.263 e. The molecule has 0 radical (unpaired) electrons. The number of aryl methyl sites for hydroxylation is 1. The lowest BCUT2D eigenvalue weighted by molar-refractivity contribution is 0.601. The van der Waals surface area contributed by atoms with Crippen LogP contribution in [0.1, 0.15) is 11.1 Å². The van der Waals surface area contributed by atoms with E-state index in [-0.39, 0.29) is 10.7 Å². The van der Waals surface area contributed by atoms with Crippen molar-refractivity contribution in [3.8, 4) is 0 Å². The number of anilines is 2. The van der Waals surface area contributed by atoms with E-state index in [9.17, 15) is 8.42 Å². The number of nitrogens with one attached hydrogen (secondary N) is 2. The predicted molar refractivity (Wildman–Crippen MR) is 103 cm³/mol. The largest absolute Gasteiger partial charge is 0.368 e. The van der Waals surface area contributed by atoms with Gasteiger partial charge in [-0.2, -0.15) is 0 Å². The van der Waals surface area contributed by atoms with Gasteiger partial charge in [-0.05, 0) is 48.7 Å². The van der Waals surface area contributed by atoms with Crippen LogP contribution in [0.5, 0.6) is 0 Å². The second-order valence-electron chi connectivity index (χ2n) is 5.89. The minimum absolute atomic E-state index is 0.181. The first-order valence-corrected chi connectivity index (χ1v) is 9.72. The smallest absolute Gasteiger partial charge is 0.263 e. The molecule has 6 nitrogen and oxygen atoms in total. The summed E-state index contributed by atoms with van der Waals surface area (Å²) in [5.41, 5.74) is 2.10. The van der Waals surface area contributed by atoms with E-state index in [2.05, 4.69) is 32.4 Å². The fraction of sp³-hybridized carbons (Fsp3) is 0.158. The van der Waals surface area contributed by atoms with E-state index in [1.807, 2.05) is 31.2 Å². The molecule has 0 saturated carbocycles. The Bertz CT molecular complexity index is 958. The molecule has 0 bridgehead atoms. The molecule has 0 fully saturated rings. The Kier molecular flexibility index (Phi) is 5.48. The highest BCUT2D eigenvalue weighted by Gasteiger charge is 2.15. The van der Waals surface area contributed by atoms with E-state index in [1.54, 1.807) is 30.3 Å². The third kappa shape index (κ3) is 4.80. The normalized spacial score (nSPS) is 11.1. The van der Waals surface area contributed by atoms with Crippen LogP contribution in [0.3, 0.4) is 0 Å². The fourth-order valence-electron chi connectivity index (χ4n) is 2.44. The molecule has 1 heterocycles. The highest BCUT2D eigenvalue weighted by atomic mass is 32.2. The summed E-state index contributed by atoms with van der Waals surface area (Å²) < 4.78 is 27.2. The van der Waals surface area contributed by atoms with Crippen molar-refractivity contribution in [1.82, 2.24) is 10.2 Å². The Balaban J connectivity index is 1.59. The molecule has 2 aromatic carbocycles. The molecule has 3 rings (SSSR count). The van der Waals surface area contributed by atoms with E-state index < -0.39 is 10.0 Å². The number of hydrogen-bond acceptors (Lipinski definition) is 5. The fourth-order valence-corrected chi connectivity index (χ4v) is 3.54. The van der Waals surface area contributed by atoms with Crippen molar-refractivity contribution in [1.29, 1.82) is 0 Å². The van der Waals surface area contributed by atoms with Crippen molar-refractivity contribution < 1.29 is 8.42 Å². The van der Waals surface area contributed by atoms with Crippen LogP contribution in [0, 0.1) is 6.92 Å². The average Bonchev–Trinajstić information content (AvgIpc) is 2.64. The van der Waals surface area contributed by atoms with Crippen LogP contribution in [0.2, 0.25) is 0 Å². The van der Waals surface area contributed by atoms with E-state index in [0.29, 0.717) is 12.4 Å². The molecule has 0 saturated heterocycles. The Morgan fingerprint density at radius 1 is 0.885 bits per heavy atom. The SMILES string of the molecule is Cc1cccc(S(=O)(=O)Nc2ccc(NCCc3ccccc3)nn2)c1. The monoisotopic (exact) mass is 368 g/mol. The summed E-state index contributed by atoms with van der Waals surface area (Å²) in [5.74, 6) is 0.777. The molecule has 26 heavy (non-hydrogen) atoms. The van der Waals surface area contributed by atoms with Gasteiger partial charge in [0.25, 0.3) is 10.0 Å². The van der Waals surface area contributed by atoms with Gasteiger partial charge in [0.05, 0.1) is 4.90 Å². The van der Waals surface area contributed by atoms with E-state index in [1.165, 1.54) is 5.56 Å². The van der Waals surface area contributed by atoms with Crippen molar-refractivity contribution in [3.63, 3.8) is 0 Å². The lowest BCUT2D eigenvalue weighted by Crippen LogP contribution is -2.15. The van der Waals surface area contributed by atoms with Gasteiger partial charge in [0.2, 0.25) is 0 Å². The lowest BCUT2D eigenvalue weighted by Gasteiger charge is -2.09. The summed E-state index contributed by atoms with van der Waals surface area (Å²) >= 11 is 0. The molecule has 0 aliphatic rings. The van der Waals surface area contributed by atoms with Gasteiger partial charge in [0.1, 0.15) is 5.82 Å². The zero-order valence-electron chi connectivity index (χ0n) is 14.4. The quantitative estimate of drug-likeness (QED) is 0.669. The summed E-state index contributed by atoms with van der Waals surface area (Å²) in [6.07, 6.45) is 0.865. The summed E-state index contributed by atoms with van der Waals surface area (Å²) in [5, 5.41) is 11.1. The summed E-state index contributed by atoms with van der Waals surface area (Å²) in [7, 11) is -3.67. The Hall–Kier alpha value is -2.93. The maximum atomic E-state index is 12.4. The summed E-state index contributed by atoms with van der Waals surface area (Å²) in [6, 6.07) is 20.1. The first kappa shape index (κ1) is 17.9. The number of nitrogens with zero attached hydrogens (tertiary/aromatic N) is 2. The molecule has 1 aromatic heterocycles. The van der Waals surface area contributed by atoms with Gasteiger partial charge in [-0.3, -0.25) is 4.72 Å². The van der Waals surface area contributed by atoms with Crippen molar-refractivity contribution in [2.75, 3.05) is 16.6 Å². The molecule has 0 unspecified atom stereocenters. The number of sulfonamides is 1. The van der Waals surface area contributed by atoms with E-state index in [0.717, 1.165) is 12.0 Å². The molecular formula is C19H20N4O2S. The summed E-state index contributed by atoms with van der Waals surface area (Å²) in [6.45, 7) is 2.56. The van der Waals surface area contributed by atoms with Crippen molar-refractivity contribution >= 4 is 21.7 Å². The molecular weight excluding hydrogens is 348 g/mol. The molecule has 0 aliphatic heterocycles. The van der Waals surface area contributed by atoms with Gasteiger partial charge in [-0.15, -0.1) is 10.2 Å². The molecule has 3 aromatic rings. The van der Waals surface area contributed by atoms with Gasteiger partial charge < -0.3 is 5.32 Å². The van der Waals surface area contributed by atoms with Crippen LogP contribution in [-0.2, 0) is 16.4 Å². The molecule has 0 amide bonds. The second-order valence-corrected chi connectivity index (χ2v) is 7.57. The van der Waals surface area contributed by atoms with Crippen molar-refractivity contribution in [3.05, 3.63) is 77.9 Å². The summed E-state index contributed by atoms with van der Waals surface area (Å²) in [4.78, 5) is 0.198. The predicted octanol–water partition coefficient (Wildman–Crippen LogP) is 3.24. The van der Waals surface area contributed by atoms with Gasteiger partial charge in [0, 0.05) is 6.54 Å². The zero-order chi connectivity index (χ0) is 18.4. The Labute approximate surface area is 153 Å². The van der Waals surface area contributed by atoms with Crippen LogP contribution in [0.15, 0.2) is 71.6 Å². The minimum Gasteiger partial charge on any atom is -0.368 e. The molecule has 7 heteroatoms. The first-order chi connectivity index (χ1) is 12.5. The third-order valence-electron chi connectivity index (χ3n) is 3.77. The Morgan fingerprint density at radius 2 is 1.62 bits per heavy atom. The maximum absolute atomic E-state index is 12.4.